The Balaban J connectivity index is 1.32. The number of para-hydroxylation sites is 2. The summed E-state index contributed by atoms with van der Waals surface area (Å²) in [5.41, 5.74) is 10.9. The third-order valence-electron chi connectivity index (χ3n) is 8.94. The van der Waals surface area contributed by atoms with Crippen molar-refractivity contribution in [2.75, 3.05) is 0 Å². The molecule has 0 fully saturated rings. The van der Waals surface area contributed by atoms with Gasteiger partial charge in [-0.2, -0.15) is 0 Å². The van der Waals surface area contributed by atoms with Gasteiger partial charge in [0.05, 0.1) is 11.4 Å². The van der Waals surface area contributed by atoms with Crippen LogP contribution in [0.1, 0.15) is 0 Å². The molecule has 0 saturated heterocycles. The predicted octanol–water partition coefficient (Wildman–Crippen LogP) is 11.9. The number of hydrogen-bond donors (Lipinski definition) is 0. The molecule has 0 amide bonds. The lowest BCUT2D eigenvalue weighted by atomic mass is 9.94. The Morgan fingerprint density at radius 2 is 0.851 bits per heavy atom. The van der Waals surface area contributed by atoms with Gasteiger partial charge in [-0.3, -0.25) is 0 Å². The van der Waals surface area contributed by atoms with E-state index in [1.165, 1.54) is 11.1 Å². The van der Waals surface area contributed by atoms with Gasteiger partial charge < -0.3 is 4.42 Å². The van der Waals surface area contributed by atoms with Crippen LogP contribution in [-0.2, 0) is 0 Å². The molecule has 0 aliphatic rings. The highest BCUT2D eigenvalue weighted by atomic mass is 16.3. The molecule has 0 aliphatic carbocycles. The summed E-state index contributed by atoms with van der Waals surface area (Å²) in [7, 11) is 0. The average Bonchev–Trinajstić information content (AvgIpc) is 3.54. The Morgan fingerprint density at radius 3 is 1.60 bits per heavy atom. The normalized spacial score (nSPS) is 11.4. The molecule has 0 saturated carbocycles. The second kappa shape index (κ2) is 11.2. The van der Waals surface area contributed by atoms with Gasteiger partial charge in [0.25, 0.3) is 0 Å². The minimum atomic E-state index is 0.671. The van der Waals surface area contributed by atoms with Crippen LogP contribution in [0.4, 0.5) is 0 Å². The first kappa shape index (κ1) is 27.0. The van der Waals surface area contributed by atoms with Crippen molar-refractivity contribution >= 4 is 32.7 Å². The van der Waals surface area contributed by atoms with Crippen molar-refractivity contribution in [3.8, 4) is 56.2 Å². The predicted molar refractivity (Wildman–Crippen MR) is 194 cm³/mol. The Kier molecular flexibility index (Phi) is 6.46. The summed E-state index contributed by atoms with van der Waals surface area (Å²) in [5.74, 6) is 0.671. The third kappa shape index (κ3) is 4.68. The fourth-order valence-corrected chi connectivity index (χ4v) is 6.73. The van der Waals surface area contributed by atoms with Crippen LogP contribution in [0, 0.1) is 0 Å². The van der Waals surface area contributed by atoms with Crippen molar-refractivity contribution in [3.05, 3.63) is 170 Å². The minimum absolute atomic E-state index is 0.671. The molecule has 220 valence electrons. The second-order valence-corrected chi connectivity index (χ2v) is 11.7. The van der Waals surface area contributed by atoms with Crippen molar-refractivity contribution in [1.29, 1.82) is 0 Å². The van der Waals surface area contributed by atoms with E-state index in [4.69, 9.17) is 14.4 Å². The molecule has 0 radical (unpaired) electrons. The lowest BCUT2D eigenvalue weighted by Gasteiger charge is -2.15. The molecule has 0 N–H and O–H groups in total. The van der Waals surface area contributed by atoms with Gasteiger partial charge in [0, 0.05) is 27.5 Å². The maximum absolute atomic E-state index is 6.50. The quantitative estimate of drug-likeness (QED) is 0.197. The maximum atomic E-state index is 6.50. The van der Waals surface area contributed by atoms with Crippen LogP contribution in [-0.4, -0.2) is 9.97 Å². The molecule has 3 heteroatoms. The van der Waals surface area contributed by atoms with Crippen LogP contribution in [0.5, 0.6) is 0 Å². The molecule has 3 nitrogen and oxygen atoms in total. The summed E-state index contributed by atoms with van der Waals surface area (Å²) in [6, 6.07) is 59.0. The van der Waals surface area contributed by atoms with Crippen molar-refractivity contribution in [3.63, 3.8) is 0 Å². The number of rotatable bonds is 5. The van der Waals surface area contributed by atoms with Crippen LogP contribution in [0.3, 0.4) is 0 Å². The number of fused-ring (bicyclic) bond motifs is 4. The fraction of sp³-hybridized carbons (Fsp3) is 0. The van der Waals surface area contributed by atoms with E-state index in [1.54, 1.807) is 0 Å². The summed E-state index contributed by atoms with van der Waals surface area (Å²) in [6.07, 6.45) is 0. The third-order valence-corrected chi connectivity index (χ3v) is 8.94. The van der Waals surface area contributed by atoms with Gasteiger partial charge in [-0.15, -0.1) is 0 Å². The molecule has 7 aromatic carbocycles. The second-order valence-electron chi connectivity index (χ2n) is 11.7. The molecule has 2 aromatic heterocycles. The molecule has 9 aromatic rings. The zero-order valence-electron chi connectivity index (χ0n) is 25.5. The molecular weight excluding hydrogens is 572 g/mol. The molecule has 0 bridgehead atoms. The van der Waals surface area contributed by atoms with Gasteiger partial charge in [-0.25, -0.2) is 9.97 Å². The highest BCUT2D eigenvalue weighted by molar-refractivity contribution is 6.10. The standard InChI is InChI=1S/C44H28N2O/c1-3-14-29(15-4-1)31-18-7-10-21-35(31)40-28-41(39-24-13-23-37-36-22-11-12-25-42(36)47-43(37)39)46-44(45-40)38-27-26-32(30-16-5-2-6-17-30)33-19-8-9-20-34(33)38/h1-28H. The minimum Gasteiger partial charge on any atom is -0.455 e. The smallest absolute Gasteiger partial charge is 0.161 e. The van der Waals surface area contributed by atoms with Crippen LogP contribution in [0.25, 0.3) is 88.9 Å². The number of aromatic nitrogens is 2. The van der Waals surface area contributed by atoms with Crippen molar-refractivity contribution in [1.82, 2.24) is 9.97 Å². The Morgan fingerprint density at radius 1 is 0.340 bits per heavy atom. The van der Waals surface area contributed by atoms with E-state index in [0.717, 1.165) is 71.9 Å². The number of nitrogens with zero attached hydrogens (tertiary/aromatic N) is 2. The van der Waals surface area contributed by atoms with E-state index < -0.39 is 0 Å². The molecular formula is C44H28N2O. The van der Waals surface area contributed by atoms with E-state index in [0.29, 0.717) is 5.82 Å². The monoisotopic (exact) mass is 600 g/mol. The van der Waals surface area contributed by atoms with E-state index >= 15 is 0 Å². The molecule has 0 aliphatic heterocycles. The Hall–Kier alpha value is -6.32. The van der Waals surface area contributed by atoms with Crippen LogP contribution >= 0.6 is 0 Å². The first-order valence-electron chi connectivity index (χ1n) is 15.8. The maximum Gasteiger partial charge on any atom is 0.161 e. The zero-order chi connectivity index (χ0) is 31.2. The van der Waals surface area contributed by atoms with Gasteiger partial charge in [0.15, 0.2) is 5.82 Å². The van der Waals surface area contributed by atoms with E-state index in [9.17, 15) is 0 Å². The van der Waals surface area contributed by atoms with Gasteiger partial charge in [0.1, 0.15) is 11.2 Å². The van der Waals surface area contributed by atoms with E-state index in [-0.39, 0.29) is 0 Å². The van der Waals surface area contributed by atoms with Crippen LogP contribution in [0.15, 0.2) is 174 Å². The van der Waals surface area contributed by atoms with Gasteiger partial charge in [-0.1, -0.05) is 146 Å². The number of furan rings is 1. The summed E-state index contributed by atoms with van der Waals surface area (Å²) >= 11 is 0. The summed E-state index contributed by atoms with van der Waals surface area (Å²) < 4.78 is 6.50. The lowest BCUT2D eigenvalue weighted by Crippen LogP contribution is -1.98. The molecule has 0 unspecified atom stereocenters. The summed E-state index contributed by atoms with van der Waals surface area (Å²) in [6.45, 7) is 0. The summed E-state index contributed by atoms with van der Waals surface area (Å²) in [5, 5.41) is 4.43. The van der Waals surface area contributed by atoms with E-state index in [1.807, 2.05) is 18.2 Å². The summed E-state index contributed by atoms with van der Waals surface area (Å²) in [4.78, 5) is 10.6. The fourth-order valence-electron chi connectivity index (χ4n) is 6.73. The van der Waals surface area contributed by atoms with Crippen LogP contribution < -0.4 is 0 Å². The van der Waals surface area contributed by atoms with Crippen molar-refractivity contribution < 1.29 is 4.42 Å². The molecule has 47 heavy (non-hydrogen) atoms. The number of benzene rings is 7. The van der Waals surface area contributed by atoms with Gasteiger partial charge in [-0.05, 0) is 57.3 Å². The topological polar surface area (TPSA) is 38.9 Å². The first-order valence-corrected chi connectivity index (χ1v) is 15.8. The van der Waals surface area contributed by atoms with Crippen LogP contribution in [0.2, 0.25) is 0 Å². The highest BCUT2D eigenvalue weighted by Gasteiger charge is 2.19. The molecule has 0 spiro atoms. The SMILES string of the molecule is c1ccc(-c2ccccc2-c2cc(-c3cccc4c3oc3ccccc34)nc(-c3ccc(-c4ccccc4)c4ccccc34)n2)cc1. The lowest BCUT2D eigenvalue weighted by molar-refractivity contribution is 0.670. The largest absolute Gasteiger partial charge is 0.455 e. The van der Waals surface area contributed by atoms with Crippen molar-refractivity contribution in [2.45, 2.75) is 0 Å². The van der Waals surface area contributed by atoms with Gasteiger partial charge >= 0.3 is 0 Å². The molecule has 9 rings (SSSR count). The first-order chi connectivity index (χ1) is 23.3. The van der Waals surface area contributed by atoms with Gasteiger partial charge in [0.2, 0.25) is 0 Å². The Labute approximate surface area is 272 Å². The molecule has 0 atom stereocenters. The number of hydrogen-bond acceptors (Lipinski definition) is 3. The highest BCUT2D eigenvalue weighted by Crippen LogP contribution is 2.40. The zero-order valence-corrected chi connectivity index (χ0v) is 25.5. The van der Waals surface area contributed by atoms with Crippen molar-refractivity contribution in [2.24, 2.45) is 0 Å². The Bertz CT molecular complexity index is 2570. The molecule has 2 heterocycles. The van der Waals surface area contributed by atoms with E-state index in [2.05, 4.69) is 152 Å². The average molecular weight is 601 g/mol.